The highest BCUT2D eigenvalue weighted by atomic mass is 35.5. The van der Waals surface area contributed by atoms with Crippen molar-refractivity contribution in [3.05, 3.63) is 81.8 Å². The van der Waals surface area contributed by atoms with Gasteiger partial charge in [0, 0.05) is 34.6 Å². The van der Waals surface area contributed by atoms with Crippen molar-refractivity contribution in [3.63, 3.8) is 0 Å². The molecule has 2 aromatic heterocycles. The summed E-state index contributed by atoms with van der Waals surface area (Å²) in [6.45, 7) is 0. The number of pyridine rings is 2. The van der Waals surface area contributed by atoms with Crippen LogP contribution in [0.4, 0.5) is 0 Å². The van der Waals surface area contributed by atoms with Crippen LogP contribution in [0.1, 0.15) is 34.5 Å². The molecule has 0 saturated heterocycles. The molecule has 1 aromatic carbocycles. The molecule has 4 rings (SSSR count). The van der Waals surface area contributed by atoms with Gasteiger partial charge in [-0.05, 0) is 60.2 Å². The number of fused-ring (bicyclic) bond motifs is 1. The van der Waals surface area contributed by atoms with E-state index < -0.39 is 0 Å². The van der Waals surface area contributed by atoms with Gasteiger partial charge in [0.2, 0.25) is 5.91 Å². The number of amides is 1. The highest BCUT2D eigenvalue weighted by molar-refractivity contribution is 6.30. The minimum atomic E-state index is -0.345. The van der Waals surface area contributed by atoms with Crippen molar-refractivity contribution in [2.75, 3.05) is 0 Å². The third-order valence-corrected chi connectivity index (χ3v) is 5.13. The Morgan fingerprint density at radius 2 is 2.04 bits per heavy atom. The Kier molecular flexibility index (Phi) is 4.90. The molecular formula is C22H20ClN3O. The van der Waals surface area contributed by atoms with E-state index in [1.54, 1.807) is 6.20 Å². The number of nitrogens with two attached hydrogens (primary N) is 1. The summed E-state index contributed by atoms with van der Waals surface area (Å²) in [5.74, 6) is -0.345. The predicted molar refractivity (Wildman–Crippen MR) is 107 cm³/mol. The van der Waals surface area contributed by atoms with Crippen molar-refractivity contribution in [1.82, 2.24) is 9.97 Å². The number of hydrogen-bond donors (Lipinski definition) is 1. The minimum Gasteiger partial charge on any atom is -0.369 e. The van der Waals surface area contributed by atoms with Crippen LogP contribution in [-0.2, 0) is 30.5 Å². The fraction of sp³-hybridized carbons (Fsp3) is 0.227. The van der Waals surface area contributed by atoms with Gasteiger partial charge in [-0.15, -0.1) is 0 Å². The summed E-state index contributed by atoms with van der Waals surface area (Å²) >= 11 is 6.16. The zero-order chi connectivity index (χ0) is 18.8. The maximum Gasteiger partial charge on any atom is 0.221 e. The van der Waals surface area contributed by atoms with Gasteiger partial charge in [0.1, 0.15) is 0 Å². The summed E-state index contributed by atoms with van der Waals surface area (Å²) in [6, 6.07) is 13.9. The molecule has 0 fully saturated rings. The molecule has 0 atom stereocenters. The van der Waals surface area contributed by atoms with Crippen molar-refractivity contribution in [2.24, 2.45) is 5.73 Å². The van der Waals surface area contributed by atoms with Crippen LogP contribution >= 0.6 is 11.6 Å². The molecule has 0 spiro atoms. The number of rotatable bonds is 5. The molecule has 1 amide bonds. The third kappa shape index (κ3) is 4.01. The molecule has 5 heteroatoms. The first kappa shape index (κ1) is 17.7. The molecule has 0 bridgehead atoms. The largest absolute Gasteiger partial charge is 0.369 e. The average molecular weight is 378 g/mol. The van der Waals surface area contributed by atoms with E-state index in [4.69, 9.17) is 22.3 Å². The first-order chi connectivity index (χ1) is 13.1. The van der Waals surface area contributed by atoms with Gasteiger partial charge in [-0.1, -0.05) is 29.8 Å². The van der Waals surface area contributed by atoms with Crippen LogP contribution in [0.15, 0.2) is 48.7 Å². The van der Waals surface area contributed by atoms with E-state index in [0.717, 1.165) is 48.2 Å². The van der Waals surface area contributed by atoms with Crippen molar-refractivity contribution < 1.29 is 4.79 Å². The van der Waals surface area contributed by atoms with Crippen LogP contribution < -0.4 is 5.73 Å². The smallest absolute Gasteiger partial charge is 0.221 e. The Morgan fingerprint density at radius 1 is 1.15 bits per heavy atom. The van der Waals surface area contributed by atoms with Gasteiger partial charge < -0.3 is 5.73 Å². The Hall–Kier alpha value is -2.72. The lowest BCUT2D eigenvalue weighted by Gasteiger charge is -2.12. The minimum absolute atomic E-state index is 0.219. The van der Waals surface area contributed by atoms with E-state index in [0.29, 0.717) is 5.02 Å². The van der Waals surface area contributed by atoms with Crippen molar-refractivity contribution >= 4 is 17.5 Å². The molecule has 0 radical (unpaired) electrons. The summed E-state index contributed by atoms with van der Waals surface area (Å²) in [6.07, 6.45) is 5.92. The lowest BCUT2D eigenvalue weighted by Crippen LogP contribution is -2.13. The van der Waals surface area contributed by atoms with E-state index in [-0.39, 0.29) is 12.3 Å². The molecule has 1 aliphatic carbocycles. The van der Waals surface area contributed by atoms with Gasteiger partial charge in [0.15, 0.2) is 0 Å². The molecule has 27 heavy (non-hydrogen) atoms. The van der Waals surface area contributed by atoms with Crippen LogP contribution in [0.3, 0.4) is 0 Å². The summed E-state index contributed by atoms with van der Waals surface area (Å²) in [5.41, 5.74) is 12.9. The van der Waals surface area contributed by atoms with Gasteiger partial charge in [-0.2, -0.15) is 0 Å². The number of nitrogens with zero attached hydrogens (tertiary/aromatic N) is 2. The second-order valence-corrected chi connectivity index (χ2v) is 7.37. The summed E-state index contributed by atoms with van der Waals surface area (Å²) in [5, 5.41) is 0.711. The topological polar surface area (TPSA) is 68.9 Å². The molecular weight excluding hydrogens is 358 g/mol. The second kappa shape index (κ2) is 7.49. The lowest BCUT2D eigenvalue weighted by molar-refractivity contribution is -0.117. The molecule has 136 valence electrons. The molecule has 4 nitrogen and oxygen atoms in total. The molecule has 2 heterocycles. The molecule has 1 aliphatic rings. The monoisotopic (exact) mass is 377 g/mol. The highest BCUT2D eigenvalue weighted by Gasteiger charge is 2.19. The maximum absolute atomic E-state index is 11.0. The van der Waals surface area contributed by atoms with Crippen LogP contribution in [0.25, 0.3) is 11.3 Å². The third-order valence-electron chi connectivity index (χ3n) is 4.90. The predicted octanol–water partition coefficient (Wildman–Crippen LogP) is 3.90. The van der Waals surface area contributed by atoms with Crippen molar-refractivity contribution in [1.29, 1.82) is 0 Å². The Morgan fingerprint density at radius 3 is 2.78 bits per heavy atom. The van der Waals surface area contributed by atoms with Crippen molar-refractivity contribution in [3.8, 4) is 11.3 Å². The molecule has 0 saturated carbocycles. The maximum atomic E-state index is 11.0. The average Bonchev–Trinajstić information content (AvgIpc) is 3.12. The van der Waals surface area contributed by atoms with Gasteiger partial charge in [-0.3, -0.25) is 14.8 Å². The van der Waals surface area contributed by atoms with Crippen LogP contribution in [0.2, 0.25) is 5.02 Å². The number of halogens is 1. The highest BCUT2D eigenvalue weighted by Crippen LogP contribution is 2.30. The summed E-state index contributed by atoms with van der Waals surface area (Å²) in [7, 11) is 0. The van der Waals surface area contributed by atoms with E-state index in [2.05, 4.69) is 11.1 Å². The van der Waals surface area contributed by atoms with Crippen LogP contribution in [0.5, 0.6) is 0 Å². The second-order valence-electron chi connectivity index (χ2n) is 6.93. The molecule has 0 unspecified atom stereocenters. The van der Waals surface area contributed by atoms with Crippen molar-refractivity contribution in [2.45, 2.75) is 32.1 Å². The number of aromatic nitrogens is 2. The number of aryl methyl sites for hydroxylation is 1. The van der Waals surface area contributed by atoms with E-state index in [1.807, 2.05) is 36.4 Å². The summed E-state index contributed by atoms with van der Waals surface area (Å²) < 4.78 is 0. The standard InChI is InChI=1S/C22H20ClN3O/c23-17-4-1-3-15(10-17)21-12-16(19-5-2-6-20(19)26-21)11-18-8-7-14(13-25-18)9-22(24)27/h1,3-4,7-8,10,12-13H,2,5-6,9,11H2,(H2,24,27). The van der Waals surface area contributed by atoms with E-state index in [9.17, 15) is 4.79 Å². The molecule has 0 aliphatic heterocycles. The Labute approximate surface area is 163 Å². The first-order valence-electron chi connectivity index (χ1n) is 9.08. The van der Waals surface area contributed by atoms with Crippen LogP contribution in [-0.4, -0.2) is 15.9 Å². The zero-order valence-corrected chi connectivity index (χ0v) is 15.7. The van der Waals surface area contributed by atoms with Gasteiger partial charge >= 0.3 is 0 Å². The van der Waals surface area contributed by atoms with E-state index >= 15 is 0 Å². The number of primary amides is 1. The quantitative estimate of drug-likeness (QED) is 0.733. The normalized spacial score (nSPS) is 12.8. The Balaban J connectivity index is 1.67. The number of carbonyl (C=O) groups is 1. The van der Waals surface area contributed by atoms with Gasteiger partial charge in [0.05, 0.1) is 12.1 Å². The van der Waals surface area contributed by atoms with E-state index in [1.165, 1.54) is 16.8 Å². The lowest BCUT2D eigenvalue weighted by atomic mass is 9.99. The molecule has 3 aromatic rings. The fourth-order valence-electron chi connectivity index (χ4n) is 3.64. The zero-order valence-electron chi connectivity index (χ0n) is 14.9. The Bertz CT molecular complexity index is 999. The number of hydrogen-bond acceptors (Lipinski definition) is 3. The van der Waals surface area contributed by atoms with Gasteiger partial charge in [-0.25, -0.2) is 0 Å². The van der Waals surface area contributed by atoms with Crippen LogP contribution in [0, 0.1) is 0 Å². The summed E-state index contributed by atoms with van der Waals surface area (Å²) in [4.78, 5) is 20.4. The fourth-order valence-corrected chi connectivity index (χ4v) is 3.83. The first-order valence-corrected chi connectivity index (χ1v) is 9.46. The van der Waals surface area contributed by atoms with Gasteiger partial charge in [0.25, 0.3) is 0 Å². The number of benzene rings is 1. The molecule has 2 N–H and O–H groups in total. The SMILES string of the molecule is NC(=O)Cc1ccc(Cc2cc(-c3cccc(Cl)c3)nc3c2CCC3)nc1. The number of carbonyl (C=O) groups excluding carboxylic acids is 1.